The smallest absolute Gasteiger partial charge is 0.357 e. The highest BCUT2D eigenvalue weighted by molar-refractivity contribution is 7.89. The van der Waals surface area contributed by atoms with Gasteiger partial charge in [0.25, 0.3) is 0 Å². The molecule has 0 spiro atoms. The largest absolute Gasteiger partial charge is 0.476 e. The fourth-order valence-electron chi connectivity index (χ4n) is 2.46. The third kappa shape index (κ3) is 2.96. The van der Waals surface area contributed by atoms with Crippen LogP contribution in [0.2, 0.25) is 0 Å². The van der Waals surface area contributed by atoms with E-state index in [1.54, 1.807) is 6.92 Å². The average molecular weight is 313 g/mol. The maximum Gasteiger partial charge on any atom is 0.357 e. The molecule has 21 heavy (non-hydrogen) atoms. The summed E-state index contributed by atoms with van der Waals surface area (Å²) in [6.07, 6.45) is 4.19. The van der Waals surface area contributed by atoms with Crippen molar-refractivity contribution in [1.29, 1.82) is 0 Å². The summed E-state index contributed by atoms with van der Waals surface area (Å²) in [5, 5.41) is 15.3. The summed E-state index contributed by atoms with van der Waals surface area (Å²) < 4.78 is 27.2. The molecule has 2 fully saturated rings. The summed E-state index contributed by atoms with van der Waals surface area (Å²) in [6, 6.07) is 0. The molecule has 0 radical (unpaired) electrons. The number of hydrogen-bond acceptors (Lipinski definition) is 4. The molecule has 1 heterocycles. The number of sulfonamides is 1. The van der Waals surface area contributed by atoms with Crippen LogP contribution in [0.5, 0.6) is 0 Å². The highest BCUT2D eigenvalue weighted by Crippen LogP contribution is 2.36. The van der Waals surface area contributed by atoms with Crippen LogP contribution in [0.3, 0.4) is 0 Å². The number of nitrogens with zero attached hydrogens (tertiary/aromatic N) is 2. The third-order valence-corrected chi connectivity index (χ3v) is 6.00. The zero-order chi connectivity index (χ0) is 15.2. The fourth-order valence-corrected chi connectivity index (χ4v) is 4.34. The van der Waals surface area contributed by atoms with Crippen LogP contribution in [0.25, 0.3) is 0 Å². The number of hydrogen-bond donors (Lipinski definition) is 2. The molecule has 1 aromatic rings. The highest BCUT2D eigenvalue weighted by atomic mass is 32.2. The fraction of sp³-hybridized carbons (Fsp3) is 0.692. The van der Waals surface area contributed by atoms with Crippen molar-refractivity contribution in [3.8, 4) is 0 Å². The van der Waals surface area contributed by atoms with Gasteiger partial charge in [-0.25, -0.2) is 13.2 Å². The predicted octanol–water partition coefficient (Wildman–Crippen LogP) is 1.23. The van der Waals surface area contributed by atoms with Gasteiger partial charge in [0.2, 0.25) is 10.0 Å². The number of carbonyl (C=O) groups is 1. The second kappa shape index (κ2) is 5.10. The van der Waals surface area contributed by atoms with Gasteiger partial charge in [-0.1, -0.05) is 0 Å². The molecule has 2 saturated carbocycles. The average Bonchev–Trinajstić information content (AvgIpc) is 3.30. The molecule has 2 aliphatic rings. The van der Waals surface area contributed by atoms with E-state index in [0.717, 1.165) is 25.7 Å². The number of rotatable bonds is 7. The molecule has 2 N–H and O–H groups in total. The number of nitrogens with one attached hydrogen (secondary N) is 1. The van der Waals surface area contributed by atoms with Gasteiger partial charge in [0.05, 0.1) is 5.69 Å². The van der Waals surface area contributed by atoms with E-state index in [9.17, 15) is 13.2 Å². The zero-order valence-corrected chi connectivity index (χ0v) is 12.7. The first-order chi connectivity index (χ1) is 9.89. The maximum absolute atomic E-state index is 12.9. The Hall–Kier alpha value is -1.41. The zero-order valence-electron chi connectivity index (χ0n) is 11.9. The SMILES string of the molecule is Cc1[nH]nc(C(=O)O)c1S(=O)(=O)N(CC1CC1)CC1CC1. The van der Waals surface area contributed by atoms with E-state index in [0.29, 0.717) is 24.9 Å². The van der Waals surface area contributed by atoms with Crippen molar-refractivity contribution in [2.75, 3.05) is 13.1 Å². The topological polar surface area (TPSA) is 103 Å². The number of aryl methyl sites for hydroxylation is 1. The van der Waals surface area contributed by atoms with Crippen LogP contribution in [-0.4, -0.2) is 47.1 Å². The molecule has 3 rings (SSSR count). The molecule has 116 valence electrons. The van der Waals surface area contributed by atoms with Gasteiger partial charge >= 0.3 is 5.97 Å². The van der Waals surface area contributed by atoms with E-state index >= 15 is 0 Å². The number of aromatic nitrogens is 2. The number of H-pyrrole nitrogens is 1. The molecule has 0 aliphatic heterocycles. The summed E-state index contributed by atoms with van der Waals surface area (Å²) in [6.45, 7) is 2.52. The van der Waals surface area contributed by atoms with Crippen molar-refractivity contribution >= 4 is 16.0 Å². The Morgan fingerprint density at radius 2 is 1.81 bits per heavy atom. The molecular formula is C13H19N3O4S. The van der Waals surface area contributed by atoms with E-state index in [1.807, 2.05) is 0 Å². The van der Waals surface area contributed by atoms with Crippen molar-refractivity contribution in [2.45, 2.75) is 37.5 Å². The lowest BCUT2D eigenvalue weighted by Crippen LogP contribution is -2.35. The van der Waals surface area contributed by atoms with Gasteiger partial charge in [-0.2, -0.15) is 9.40 Å². The van der Waals surface area contributed by atoms with Gasteiger partial charge in [0.1, 0.15) is 4.90 Å². The molecule has 2 aliphatic carbocycles. The minimum absolute atomic E-state index is 0.184. The Morgan fingerprint density at radius 3 is 2.24 bits per heavy atom. The van der Waals surface area contributed by atoms with Crippen LogP contribution < -0.4 is 0 Å². The second-order valence-electron chi connectivity index (χ2n) is 6.04. The molecule has 0 amide bonds. The number of aromatic carboxylic acids is 1. The Balaban J connectivity index is 1.95. The van der Waals surface area contributed by atoms with Gasteiger partial charge < -0.3 is 5.11 Å². The van der Waals surface area contributed by atoms with Gasteiger partial charge in [0.15, 0.2) is 5.69 Å². The molecule has 0 aromatic carbocycles. The van der Waals surface area contributed by atoms with Crippen molar-refractivity contribution < 1.29 is 18.3 Å². The quantitative estimate of drug-likeness (QED) is 0.788. The lowest BCUT2D eigenvalue weighted by atomic mass is 10.4. The Kier molecular flexibility index (Phi) is 3.53. The Bertz CT molecular complexity index is 645. The summed E-state index contributed by atoms with van der Waals surface area (Å²) in [5.41, 5.74) is -0.131. The van der Waals surface area contributed by atoms with Gasteiger partial charge in [-0.3, -0.25) is 5.10 Å². The van der Waals surface area contributed by atoms with Gasteiger partial charge in [0, 0.05) is 13.1 Å². The van der Waals surface area contributed by atoms with Crippen LogP contribution in [0.15, 0.2) is 4.90 Å². The molecular weight excluding hydrogens is 294 g/mol. The van der Waals surface area contributed by atoms with Crippen LogP contribution in [0, 0.1) is 18.8 Å². The number of carboxylic acid groups (broad SMARTS) is 1. The normalized spacial score (nSPS) is 19.1. The van der Waals surface area contributed by atoms with Crippen LogP contribution >= 0.6 is 0 Å². The Morgan fingerprint density at radius 1 is 1.29 bits per heavy atom. The maximum atomic E-state index is 12.9. The third-order valence-electron chi connectivity index (χ3n) is 4.01. The van der Waals surface area contributed by atoms with Crippen LogP contribution in [0.1, 0.15) is 41.9 Å². The number of aromatic amines is 1. The standard InChI is InChI=1S/C13H19N3O4S/c1-8-12(11(13(17)18)15-14-8)21(19,20)16(6-9-2-3-9)7-10-4-5-10/h9-10H,2-7H2,1H3,(H,14,15)(H,17,18). The second-order valence-corrected chi connectivity index (χ2v) is 7.92. The van der Waals surface area contributed by atoms with E-state index < -0.39 is 21.7 Å². The molecule has 0 unspecified atom stereocenters. The van der Waals surface area contributed by atoms with Crippen molar-refractivity contribution in [1.82, 2.24) is 14.5 Å². The van der Waals surface area contributed by atoms with E-state index in [2.05, 4.69) is 10.2 Å². The summed E-state index contributed by atoms with van der Waals surface area (Å²) in [4.78, 5) is 11.0. The Labute approximate surface area is 123 Å². The molecule has 0 bridgehead atoms. The number of carboxylic acids is 1. The summed E-state index contributed by atoms with van der Waals surface area (Å²) in [5.74, 6) is -0.492. The molecule has 1 aromatic heterocycles. The van der Waals surface area contributed by atoms with Crippen molar-refractivity contribution in [3.05, 3.63) is 11.4 Å². The van der Waals surface area contributed by atoms with E-state index in [4.69, 9.17) is 5.11 Å². The monoisotopic (exact) mass is 313 g/mol. The molecule has 0 saturated heterocycles. The highest BCUT2D eigenvalue weighted by Gasteiger charge is 2.39. The first kappa shape index (κ1) is 14.5. The van der Waals surface area contributed by atoms with Crippen LogP contribution in [-0.2, 0) is 10.0 Å². The lowest BCUT2D eigenvalue weighted by molar-refractivity contribution is 0.0686. The van der Waals surface area contributed by atoms with Crippen molar-refractivity contribution in [2.24, 2.45) is 11.8 Å². The van der Waals surface area contributed by atoms with Crippen molar-refractivity contribution in [3.63, 3.8) is 0 Å². The van der Waals surface area contributed by atoms with Gasteiger partial charge in [-0.05, 0) is 44.4 Å². The molecule has 7 nitrogen and oxygen atoms in total. The molecule has 0 atom stereocenters. The minimum atomic E-state index is -3.82. The van der Waals surface area contributed by atoms with E-state index in [1.165, 1.54) is 4.31 Å². The summed E-state index contributed by atoms with van der Waals surface area (Å²) in [7, 11) is -3.82. The minimum Gasteiger partial charge on any atom is -0.476 e. The summed E-state index contributed by atoms with van der Waals surface area (Å²) >= 11 is 0. The first-order valence-corrected chi connectivity index (χ1v) is 8.62. The molecule has 8 heteroatoms. The first-order valence-electron chi connectivity index (χ1n) is 7.18. The lowest BCUT2D eigenvalue weighted by Gasteiger charge is -2.22. The predicted molar refractivity (Wildman–Crippen MR) is 74.5 cm³/mol. The van der Waals surface area contributed by atoms with Gasteiger partial charge in [-0.15, -0.1) is 0 Å². The van der Waals surface area contributed by atoms with E-state index in [-0.39, 0.29) is 10.6 Å². The van der Waals surface area contributed by atoms with Crippen LogP contribution in [0.4, 0.5) is 0 Å².